The third kappa shape index (κ3) is 2.29. The molecule has 0 bridgehead atoms. The molecule has 2 amide bonds. The molecule has 1 aromatic rings. The van der Waals surface area contributed by atoms with Crippen molar-refractivity contribution in [2.24, 2.45) is 5.73 Å². The smallest absolute Gasteiger partial charge is 0.238 e. The molecule has 0 aliphatic carbocycles. The summed E-state index contributed by atoms with van der Waals surface area (Å²) in [5.41, 5.74) is 7.94. The molecule has 0 radical (unpaired) electrons. The van der Waals surface area contributed by atoms with Crippen LogP contribution in [0.3, 0.4) is 0 Å². The van der Waals surface area contributed by atoms with Gasteiger partial charge in [-0.1, -0.05) is 0 Å². The Bertz CT molecular complexity index is 471. The number of carbonyl (C=O) groups is 2. The van der Waals surface area contributed by atoms with E-state index in [-0.39, 0.29) is 18.4 Å². The lowest BCUT2D eigenvalue weighted by Gasteiger charge is -2.26. The van der Waals surface area contributed by atoms with Gasteiger partial charge in [0.05, 0.1) is 6.54 Å². The van der Waals surface area contributed by atoms with Crippen molar-refractivity contribution >= 4 is 23.2 Å². The largest absolute Gasteiger partial charge is 0.325 e. The first kappa shape index (κ1) is 11.6. The third-order valence-electron chi connectivity index (χ3n) is 2.89. The Labute approximate surface area is 99.6 Å². The maximum atomic E-state index is 11.5. The van der Waals surface area contributed by atoms with Crippen molar-refractivity contribution in [3.05, 3.63) is 23.8 Å². The van der Waals surface area contributed by atoms with Crippen molar-refractivity contribution in [2.75, 3.05) is 23.8 Å². The van der Waals surface area contributed by atoms with Crippen molar-refractivity contribution in [1.29, 1.82) is 0 Å². The molecule has 90 valence electrons. The van der Waals surface area contributed by atoms with Crippen LogP contribution in [0.1, 0.15) is 12.0 Å². The molecule has 5 nitrogen and oxygen atoms in total. The Morgan fingerprint density at radius 3 is 2.94 bits per heavy atom. The monoisotopic (exact) mass is 233 g/mol. The molecule has 1 heterocycles. The van der Waals surface area contributed by atoms with Gasteiger partial charge >= 0.3 is 0 Å². The van der Waals surface area contributed by atoms with Crippen LogP contribution in [0.25, 0.3) is 0 Å². The normalized spacial score (nSPS) is 14.5. The van der Waals surface area contributed by atoms with Crippen LogP contribution in [0.4, 0.5) is 11.4 Å². The second kappa shape index (κ2) is 4.55. The average Bonchev–Trinajstić information content (AvgIpc) is 2.34. The summed E-state index contributed by atoms with van der Waals surface area (Å²) in [7, 11) is 1.76. The van der Waals surface area contributed by atoms with Crippen LogP contribution in [0.15, 0.2) is 18.2 Å². The highest BCUT2D eigenvalue weighted by molar-refractivity contribution is 5.97. The van der Waals surface area contributed by atoms with Crippen molar-refractivity contribution in [1.82, 2.24) is 0 Å². The van der Waals surface area contributed by atoms with Crippen molar-refractivity contribution < 1.29 is 9.59 Å². The van der Waals surface area contributed by atoms with Gasteiger partial charge in [-0.05, 0) is 30.2 Å². The maximum absolute atomic E-state index is 11.5. The number of hydrogen-bond donors (Lipinski definition) is 2. The van der Waals surface area contributed by atoms with Gasteiger partial charge in [0.1, 0.15) is 0 Å². The van der Waals surface area contributed by atoms with Gasteiger partial charge in [0.2, 0.25) is 11.8 Å². The lowest BCUT2D eigenvalue weighted by Crippen LogP contribution is -2.31. The molecule has 1 aliphatic rings. The Morgan fingerprint density at radius 2 is 2.24 bits per heavy atom. The van der Waals surface area contributed by atoms with Gasteiger partial charge in [0.15, 0.2) is 0 Å². The SMILES string of the molecule is CN1C(=O)CCc2cc(NC(=O)CN)ccc21. The standard InChI is InChI=1S/C12H15N3O2/c1-15-10-4-3-9(14-11(16)7-13)6-8(10)2-5-12(15)17/h3-4,6H,2,5,7,13H2,1H3,(H,14,16). The number of anilines is 2. The molecule has 0 saturated carbocycles. The first-order valence-corrected chi connectivity index (χ1v) is 5.51. The molecule has 0 atom stereocenters. The Hall–Kier alpha value is -1.88. The van der Waals surface area contributed by atoms with Crippen LogP contribution in [0.5, 0.6) is 0 Å². The zero-order valence-electron chi connectivity index (χ0n) is 9.69. The van der Waals surface area contributed by atoms with Crippen LogP contribution in [-0.2, 0) is 16.0 Å². The fraction of sp³-hybridized carbons (Fsp3) is 0.333. The Balaban J connectivity index is 2.26. The van der Waals surface area contributed by atoms with Gasteiger partial charge in [-0.25, -0.2) is 0 Å². The van der Waals surface area contributed by atoms with Crippen LogP contribution in [-0.4, -0.2) is 25.4 Å². The molecule has 1 aliphatic heterocycles. The van der Waals surface area contributed by atoms with Gasteiger partial charge in [0.25, 0.3) is 0 Å². The lowest BCUT2D eigenvalue weighted by molar-refractivity contribution is -0.118. The fourth-order valence-electron chi connectivity index (χ4n) is 1.95. The molecule has 17 heavy (non-hydrogen) atoms. The number of nitrogens with two attached hydrogens (primary N) is 1. The summed E-state index contributed by atoms with van der Waals surface area (Å²) in [4.78, 5) is 24.3. The predicted molar refractivity (Wildman–Crippen MR) is 65.9 cm³/mol. The van der Waals surface area contributed by atoms with Crippen molar-refractivity contribution in [3.63, 3.8) is 0 Å². The maximum Gasteiger partial charge on any atom is 0.238 e. The molecule has 1 aromatic carbocycles. The summed E-state index contributed by atoms with van der Waals surface area (Å²) in [6.07, 6.45) is 1.22. The molecule has 2 rings (SSSR count). The first-order chi connectivity index (χ1) is 8.11. The quantitative estimate of drug-likeness (QED) is 0.780. The number of hydrogen-bond acceptors (Lipinski definition) is 3. The number of nitrogens with zero attached hydrogens (tertiary/aromatic N) is 1. The number of nitrogens with one attached hydrogen (secondary N) is 1. The minimum Gasteiger partial charge on any atom is -0.325 e. The Kier molecular flexibility index (Phi) is 3.10. The van der Waals surface area contributed by atoms with Gasteiger partial charge in [-0.15, -0.1) is 0 Å². The van der Waals surface area contributed by atoms with Crippen LogP contribution in [0, 0.1) is 0 Å². The number of rotatable bonds is 2. The van der Waals surface area contributed by atoms with Crippen LogP contribution in [0.2, 0.25) is 0 Å². The number of fused-ring (bicyclic) bond motifs is 1. The van der Waals surface area contributed by atoms with E-state index >= 15 is 0 Å². The van der Waals surface area contributed by atoms with Crippen LogP contribution < -0.4 is 16.0 Å². The van der Waals surface area contributed by atoms with E-state index in [1.807, 2.05) is 12.1 Å². The minimum absolute atomic E-state index is 0.0323. The third-order valence-corrected chi connectivity index (χ3v) is 2.89. The summed E-state index contributed by atoms with van der Waals surface area (Å²) in [5.74, 6) is -0.0959. The molecule has 3 N–H and O–H groups in total. The van der Waals surface area contributed by atoms with Gasteiger partial charge in [-0.2, -0.15) is 0 Å². The molecule has 0 unspecified atom stereocenters. The highest BCUT2D eigenvalue weighted by atomic mass is 16.2. The van der Waals surface area contributed by atoms with Crippen molar-refractivity contribution in [2.45, 2.75) is 12.8 Å². The van der Waals surface area contributed by atoms with E-state index in [1.54, 1.807) is 18.0 Å². The molecular weight excluding hydrogens is 218 g/mol. The summed E-state index contributed by atoms with van der Waals surface area (Å²) < 4.78 is 0. The zero-order valence-corrected chi connectivity index (χ0v) is 9.69. The predicted octanol–water partition coefficient (Wildman–Crippen LogP) is 0.493. The summed E-state index contributed by atoms with van der Waals surface area (Å²) in [6.45, 7) is -0.0323. The molecule has 0 spiro atoms. The second-order valence-electron chi connectivity index (χ2n) is 4.05. The van der Waals surface area contributed by atoms with E-state index in [2.05, 4.69) is 5.32 Å². The van der Waals surface area contributed by atoms with E-state index in [9.17, 15) is 9.59 Å². The summed E-state index contributed by atoms with van der Waals surface area (Å²) in [6, 6.07) is 5.52. The molecule has 5 heteroatoms. The zero-order chi connectivity index (χ0) is 12.4. The number of carbonyl (C=O) groups excluding carboxylic acids is 2. The topological polar surface area (TPSA) is 75.4 Å². The van der Waals surface area contributed by atoms with Gasteiger partial charge in [-0.3, -0.25) is 9.59 Å². The summed E-state index contributed by atoms with van der Waals surface area (Å²) >= 11 is 0. The lowest BCUT2D eigenvalue weighted by atomic mass is 10.0. The number of benzene rings is 1. The van der Waals surface area contributed by atoms with Gasteiger partial charge in [0, 0.05) is 24.8 Å². The van der Waals surface area contributed by atoms with Crippen molar-refractivity contribution in [3.8, 4) is 0 Å². The number of amides is 2. The average molecular weight is 233 g/mol. The van der Waals surface area contributed by atoms with E-state index < -0.39 is 0 Å². The minimum atomic E-state index is -0.217. The highest BCUT2D eigenvalue weighted by Crippen LogP contribution is 2.29. The molecule has 0 saturated heterocycles. The van der Waals surface area contributed by atoms with E-state index in [4.69, 9.17) is 5.73 Å². The van der Waals surface area contributed by atoms with E-state index in [0.717, 1.165) is 16.9 Å². The van der Waals surface area contributed by atoms with Crippen LogP contribution >= 0.6 is 0 Å². The summed E-state index contributed by atoms with van der Waals surface area (Å²) in [5, 5.41) is 2.70. The van der Waals surface area contributed by atoms with Gasteiger partial charge < -0.3 is 16.0 Å². The Morgan fingerprint density at radius 1 is 1.47 bits per heavy atom. The highest BCUT2D eigenvalue weighted by Gasteiger charge is 2.20. The molecule has 0 fully saturated rings. The van der Waals surface area contributed by atoms with E-state index in [0.29, 0.717) is 12.8 Å². The number of aryl methyl sites for hydroxylation is 1. The second-order valence-corrected chi connectivity index (χ2v) is 4.05. The first-order valence-electron chi connectivity index (χ1n) is 5.51. The van der Waals surface area contributed by atoms with E-state index in [1.165, 1.54) is 0 Å². The fourth-order valence-corrected chi connectivity index (χ4v) is 1.95. The molecular formula is C12H15N3O2. The molecule has 0 aromatic heterocycles.